The molecule has 21 heavy (non-hydrogen) atoms. The maximum atomic E-state index is 13.2. The van der Waals surface area contributed by atoms with E-state index in [9.17, 15) is 9.18 Å². The normalized spacial score (nSPS) is 9.71. The summed E-state index contributed by atoms with van der Waals surface area (Å²) in [5, 5.41) is 14.4. The van der Waals surface area contributed by atoms with E-state index in [2.05, 4.69) is 10.6 Å². The Bertz CT molecular complexity index is 692. The van der Waals surface area contributed by atoms with Crippen LogP contribution in [0.5, 0.6) is 0 Å². The zero-order valence-corrected chi connectivity index (χ0v) is 11.1. The maximum absolute atomic E-state index is 13.2. The first-order chi connectivity index (χ1) is 10.1. The third-order valence-electron chi connectivity index (χ3n) is 2.80. The Hall–Kier alpha value is -3.07. The van der Waals surface area contributed by atoms with Crippen LogP contribution in [0.3, 0.4) is 0 Å². The largest absolute Gasteiger partial charge is 0.381 e. The van der Waals surface area contributed by atoms with Gasteiger partial charge in [0.2, 0.25) is 0 Å². The van der Waals surface area contributed by atoms with Gasteiger partial charge < -0.3 is 16.4 Å². The Labute approximate surface area is 121 Å². The van der Waals surface area contributed by atoms with E-state index < -0.39 is 11.8 Å². The minimum absolute atomic E-state index is 0.0234. The molecule has 0 bridgehead atoms. The zero-order chi connectivity index (χ0) is 15.2. The van der Waals surface area contributed by atoms with Crippen molar-refractivity contribution in [1.82, 2.24) is 0 Å². The lowest BCUT2D eigenvalue weighted by molar-refractivity contribution is 0.259. The number of anilines is 2. The monoisotopic (exact) mass is 284 g/mol. The summed E-state index contributed by atoms with van der Waals surface area (Å²) >= 11 is 0. The molecule has 0 spiro atoms. The predicted octanol–water partition coefficient (Wildman–Crippen LogP) is 2.80. The highest BCUT2D eigenvalue weighted by Crippen LogP contribution is 2.15. The fourth-order valence-electron chi connectivity index (χ4n) is 1.79. The van der Waals surface area contributed by atoms with E-state index >= 15 is 0 Å². The van der Waals surface area contributed by atoms with Crippen LogP contribution in [0.25, 0.3) is 0 Å². The summed E-state index contributed by atoms with van der Waals surface area (Å²) in [6, 6.07) is 12.6. The summed E-state index contributed by atoms with van der Waals surface area (Å²) < 4.78 is 13.2. The van der Waals surface area contributed by atoms with Crippen molar-refractivity contribution in [2.75, 3.05) is 10.6 Å². The molecule has 2 aromatic carbocycles. The minimum atomic E-state index is -0.619. The average Bonchev–Trinajstić information content (AvgIpc) is 2.47. The number of halogens is 1. The SMILES string of the molecule is N#Cc1cc(CNc2ccc(NC(N)=O)cc2)ccc1F. The van der Waals surface area contributed by atoms with Gasteiger partial charge in [0.25, 0.3) is 0 Å². The summed E-state index contributed by atoms with van der Waals surface area (Å²) in [4.78, 5) is 10.7. The summed E-state index contributed by atoms with van der Waals surface area (Å²) in [6.45, 7) is 0.456. The number of carbonyl (C=O) groups excluding carboxylic acids is 1. The van der Waals surface area contributed by atoms with Crippen LogP contribution in [0.1, 0.15) is 11.1 Å². The van der Waals surface area contributed by atoms with Gasteiger partial charge in [-0.25, -0.2) is 9.18 Å². The van der Waals surface area contributed by atoms with E-state index in [4.69, 9.17) is 11.0 Å². The summed E-state index contributed by atoms with van der Waals surface area (Å²) in [5.41, 5.74) is 7.26. The number of rotatable bonds is 4. The molecule has 0 aliphatic carbocycles. The predicted molar refractivity (Wildman–Crippen MR) is 78.1 cm³/mol. The molecule has 0 saturated carbocycles. The Morgan fingerprint density at radius 3 is 2.48 bits per heavy atom. The van der Waals surface area contributed by atoms with Gasteiger partial charge in [0.1, 0.15) is 11.9 Å². The lowest BCUT2D eigenvalue weighted by Crippen LogP contribution is -2.19. The molecule has 6 heteroatoms. The number of hydrogen-bond donors (Lipinski definition) is 3. The topological polar surface area (TPSA) is 90.9 Å². The Kier molecular flexibility index (Phi) is 4.36. The van der Waals surface area contributed by atoms with E-state index in [-0.39, 0.29) is 5.56 Å². The Balaban J connectivity index is 2.00. The third kappa shape index (κ3) is 3.94. The molecule has 2 aromatic rings. The van der Waals surface area contributed by atoms with Crippen LogP contribution in [-0.4, -0.2) is 6.03 Å². The van der Waals surface area contributed by atoms with Crippen molar-refractivity contribution >= 4 is 17.4 Å². The molecule has 4 N–H and O–H groups in total. The molecule has 2 rings (SSSR count). The number of nitrogens with zero attached hydrogens (tertiary/aromatic N) is 1. The number of urea groups is 1. The standard InChI is InChI=1S/C15H13FN4O/c16-14-6-1-10(7-11(14)8-17)9-19-12-2-4-13(5-3-12)20-15(18)21/h1-7,19H,9H2,(H3,18,20,21). The molecule has 0 aliphatic heterocycles. The Morgan fingerprint density at radius 2 is 1.86 bits per heavy atom. The van der Waals surface area contributed by atoms with Crippen molar-refractivity contribution in [3.8, 4) is 6.07 Å². The number of nitriles is 1. The molecule has 0 radical (unpaired) electrons. The molecule has 0 atom stereocenters. The van der Waals surface area contributed by atoms with Crippen molar-refractivity contribution in [3.63, 3.8) is 0 Å². The van der Waals surface area contributed by atoms with Crippen molar-refractivity contribution in [2.24, 2.45) is 5.73 Å². The number of primary amides is 1. The number of nitrogens with one attached hydrogen (secondary N) is 2. The molecule has 0 unspecified atom stereocenters. The number of benzene rings is 2. The van der Waals surface area contributed by atoms with Crippen molar-refractivity contribution in [2.45, 2.75) is 6.54 Å². The molecule has 5 nitrogen and oxygen atoms in total. The molecule has 2 amide bonds. The van der Waals surface area contributed by atoms with Crippen LogP contribution < -0.4 is 16.4 Å². The smallest absolute Gasteiger partial charge is 0.316 e. The van der Waals surface area contributed by atoms with Gasteiger partial charge in [0.05, 0.1) is 5.56 Å². The Morgan fingerprint density at radius 1 is 1.19 bits per heavy atom. The first kappa shape index (κ1) is 14.3. The van der Waals surface area contributed by atoms with Crippen LogP contribution in [0.2, 0.25) is 0 Å². The van der Waals surface area contributed by atoms with Crippen molar-refractivity contribution in [1.29, 1.82) is 5.26 Å². The quantitative estimate of drug-likeness (QED) is 0.806. The van der Waals surface area contributed by atoms with E-state index in [0.29, 0.717) is 12.2 Å². The zero-order valence-electron chi connectivity index (χ0n) is 11.1. The molecule has 0 heterocycles. The van der Waals surface area contributed by atoms with Gasteiger partial charge in [-0.1, -0.05) is 6.07 Å². The molecule has 0 aliphatic rings. The van der Waals surface area contributed by atoms with Gasteiger partial charge in [-0.2, -0.15) is 5.26 Å². The van der Waals surface area contributed by atoms with E-state index in [1.807, 2.05) is 0 Å². The van der Waals surface area contributed by atoms with Gasteiger partial charge >= 0.3 is 6.03 Å². The van der Waals surface area contributed by atoms with Crippen LogP contribution in [0, 0.1) is 17.1 Å². The maximum Gasteiger partial charge on any atom is 0.316 e. The molecular weight excluding hydrogens is 271 g/mol. The van der Waals surface area contributed by atoms with Crippen LogP contribution in [-0.2, 0) is 6.54 Å². The average molecular weight is 284 g/mol. The van der Waals surface area contributed by atoms with Gasteiger partial charge in [-0.15, -0.1) is 0 Å². The molecule has 0 fully saturated rings. The van der Waals surface area contributed by atoms with Crippen LogP contribution >= 0.6 is 0 Å². The van der Waals surface area contributed by atoms with E-state index in [1.54, 1.807) is 36.4 Å². The third-order valence-corrected chi connectivity index (χ3v) is 2.80. The van der Waals surface area contributed by atoms with Gasteiger partial charge in [-0.3, -0.25) is 0 Å². The number of hydrogen-bond acceptors (Lipinski definition) is 3. The number of amides is 2. The first-order valence-corrected chi connectivity index (χ1v) is 6.17. The number of carbonyl (C=O) groups is 1. The highest BCUT2D eigenvalue weighted by atomic mass is 19.1. The van der Waals surface area contributed by atoms with Gasteiger partial charge in [0, 0.05) is 17.9 Å². The lowest BCUT2D eigenvalue weighted by Gasteiger charge is -2.08. The highest BCUT2D eigenvalue weighted by molar-refractivity contribution is 5.87. The van der Waals surface area contributed by atoms with Crippen LogP contribution in [0.15, 0.2) is 42.5 Å². The van der Waals surface area contributed by atoms with Gasteiger partial charge in [0.15, 0.2) is 0 Å². The van der Waals surface area contributed by atoms with Gasteiger partial charge in [-0.05, 0) is 42.0 Å². The summed E-state index contributed by atoms with van der Waals surface area (Å²) in [7, 11) is 0. The van der Waals surface area contributed by atoms with E-state index in [1.165, 1.54) is 12.1 Å². The molecule has 0 saturated heterocycles. The lowest BCUT2D eigenvalue weighted by atomic mass is 10.1. The molecule has 0 aromatic heterocycles. The second-order valence-corrected chi connectivity index (χ2v) is 4.35. The second kappa shape index (κ2) is 6.39. The van der Waals surface area contributed by atoms with Crippen LogP contribution in [0.4, 0.5) is 20.6 Å². The fourth-order valence-corrected chi connectivity index (χ4v) is 1.79. The van der Waals surface area contributed by atoms with Crippen molar-refractivity contribution < 1.29 is 9.18 Å². The summed E-state index contributed by atoms with van der Waals surface area (Å²) in [6.07, 6.45) is 0. The number of nitrogens with two attached hydrogens (primary N) is 1. The van der Waals surface area contributed by atoms with E-state index in [0.717, 1.165) is 11.3 Å². The van der Waals surface area contributed by atoms with Crippen molar-refractivity contribution in [3.05, 3.63) is 59.4 Å². The first-order valence-electron chi connectivity index (χ1n) is 6.17. The minimum Gasteiger partial charge on any atom is -0.381 e. The second-order valence-electron chi connectivity index (χ2n) is 4.35. The fraction of sp³-hybridized carbons (Fsp3) is 0.0667. The summed E-state index contributed by atoms with van der Waals surface area (Å²) in [5.74, 6) is -0.525. The molecular formula is C15H13FN4O. The molecule has 106 valence electrons. The highest BCUT2D eigenvalue weighted by Gasteiger charge is 2.03.